The summed E-state index contributed by atoms with van der Waals surface area (Å²) in [5.74, 6) is 0.426. The second-order valence-corrected chi connectivity index (χ2v) is 2.98. The third-order valence-corrected chi connectivity index (χ3v) is 1.98. The van der Waals surface area contributed by atoms with E-state index in [-0.39, 0.29) is 5.56 Å². The summed E-state index contributed by atoms with van der Waals surface area (Å²) in [6.07, 6.45) is 3.10. The van der Waals surface area contributed by atoms with Crippen molar-refractivity contribution in [3.63, 3.8) is 0 Å². The number of nitrogens with one attached hydrogen (secondary N) is 1. The van der Waals surface area contributed by atoms with E-state index in [4.69, 9.17) is 11.6 Å². The van der Waals surface area contributed by atoms with E-state index in [2.05, 4.69) is 15.0 Å². The van der Waals surface area contributed by atoms with Crippen molar-refractivity contribution in [3.8, 4) is 11.4 Å². The number of hydrogen-bond acceptors (Lipinski definition) is 3. The summed E-state index contributed by atoms with van der Waals surface area (Å²) in [6, 6.07) is 4.82. The van der Waals surface area contributed by atoms with Gasteiger partial charge in [-0.3, -0.25) is 4.79 Å². The van der Waals surface area contributed by atoms with Gasteiger partial charge in [0, 0.05) is 18.5 Å². The molecule has 0 aliphatic heterocycles. The normalized spacial score (nSPS) is 10.1. The molecule has 0 fully saturated rings. The zero-order valence-electron chi connectivity index (χ0n) is 7.07. The lowest BCUT2D eigenvalue weighted by Gasteiger charge is -2.00. The van der Waals surface area contributed by atoms with Gasteiger partial charge >= 0.3 is 0 Å². The summed E-state index contributed by atoms with van der Waals surface area (Å²) in [6.45, 7) is 0. The van der Waals surface area contributed by atoms with Gasteiger partial charge in [-0.15, -0.1) is 0 Å². The van der Waals surface area contributed by atoms with Gasteiger partial charge in [0.2, 0.25) is 0 Å². The molecule has 1 N–H and O–H groups in total. The van der Waals surface area contributed by atoms with Gasteiger partial charge in [-0.1, -0.05) is 11.6 Å². The summed E-state index contributed by atoms with van der Waals surface area (Å²) in [5, 5.41) is 0.321. The number of nitrogens with zero attached hydrogens (tertiary/aromatic N) is 2. The Morgan fingerprint density at radius 1 is 1.36 bits per heavy atom. The van der Waals surface area contributed by atoms with Crippen LogP contribution < -0.4 is 5.56 Å². The molecule has 0 aromatic carbocycles. The van der Waals surface area contributed by atoms with Crippen LogP contribution in [0, 0.1) is 0 Å². The van der Waals surface area contributed by atoms with Crippen LogP contribution in [-0.2, 0) is 0 Å². The first kappa shape index (κ1) is 8.90. The topological polar surface area (TPSA) is 58.6 Å². The molecule has 0 aliphatic carbocycles. The first-order chi connectivity index (χ1) is 6.77. The van der Waals surface area contributed by atoms with Crippen LogP contribution in [-0.4, -0.2) is 15.0 Å². The van der Waals surface area contributed by atoms with E-state index in [1.54, 1.807) is 18.3 Å². The zero-order chi connectivity index (χ0) is 9.97. The Labute approximate surface area is 84.6 Å². The Bertz CT molecular complexity index is 509. The molecular formula is C9H6ClN3O. The maximum Gasteiger partial charge on any atom is 0.273 e. The molecule has 5 heteroatoms. The fraction of sp³-hybridized carbons (Fsp3) is 0. The molecular weight excluding hydrogens is 202 g/mol. The van der Waals surface area contributed by atoms with Gasteiger partial charge in [0.15, 0.2) is 0 Å². The first-order valence-corrected chi connectivity index (χ1v) is 4.32. The second kappa shape index (κ2) is 3.59. The molecule has 4 nitrogen and oxygen atoms in total. The van der Waals surface area contributed by atoms with E-state index in [0.29, 0.717) is 16.5 Å². The number of H-pyrrole nitrogens is 1. The molecule has 0 radical (unpaired) electrons. The fourth-order valence-corrected chi connectivity index (χ4v) is 1.28. The van der Waals surface area contributed by atoms with Crippen LogP contribution in [0.15, 0.2) is 35.4 Å². The molecule has 2 rings (SSSR count). The van der Waals surface area contributed by atoms with E-state index in [0.717, 1.165) is 0 Å². The molecule has 0 saturated carbocycles. The van der Waals surface area contributed by atoms with Crippen molar-refractivity contribution in [2.24, 2.45) is 0 Å². The molecule has 70 valence electrons. The Morgan fingerprint density at radius 2 is 2.21 bits per heavy atom. The zero-order valence-corrected chi connectivity index (χ0v) is 7.82. The summed E-state index contributed by atoms with van der Waals surface area (Å²) >= 11 is 5.84. The lowest BCUT2D eigenvalue weighted by molar-refractivity contribution is 1.12. The molecule has 0 atom stereocenters. The van der Waals surface area contributed by atoms with Gasteiger partial charge in [0.25, 0.3) is 5.56 Å². The minimum atomic E-state index is -0.307. The molecule has 0 unspecified atom stereocenters. The minimum Gasteiger partial charge on any atom is -0.346 e. The summed E-state index contributed by atoms with van der Waals surface area (Å²) < 4.78 is 0. The van der Waals surface area contributed by atoms with Gasteiger partial charge < -0.3 is 4.98 Å². The molecule has 0 saturated heterocycles. The molecule has 14 heavy (non-hydrogen) atoms. The molecule has 2 aromatic heterocycles. The van der Waals surface area contributed by atoms with Gasteiger partial charge in [0.1, 0.15) is 11.0 Å². The third kappa shape index (κ3) is 1.65. The standard InChI is InChI=1S/C9H6ClN3O/c10-8-6(2-1-4-11-8)9-12-5-3-7(14)13-9/h1-5H,(H,12,13,14). The Kier molecular flexibility index (Phi) is 2.28. The van der Waals surface area contributed by atoms with E-state index in [1.807, 2.05) is 0 Å². The van der Waals surface area contributed by atoms with Crippen LogP contribution in [0.3, 0.4) is 0 Å². The maximum absolute atomic E-state index is 11.0. The smallest absolute Gasteiger partial charge is 0.273 e. The van der Waals surface area contributed by atoms with E-state index in [9.17, 15) is 4.79 Å². The summed E-state index contributed by atoms with van der Waals surface area (Å²) in [5.41, 5.74) is 0.311. The summed E-state index contributed by atoms with van der Waals surface area (Å²) in [4.78, 5) is 21.5. The lowest BCUT2D eigenvalue weighted by Crippen LogP contribution is -2.06. The van der Waals surface area contributed by atoms with Crippen LogP contribution in [0.1, 0.15) is 0 Å². The van der Waals surface area contributed by atoms with Crippen molar-refractivity contribution in [2.45, 2.75) is 0 Å². The molecule has 0 amide bonds. The van der Waals surface area contributed by atoms with E-state index < -0.39 is 0 Å². The minimum absolute atomic E-state index is 0.307. The highest BCUT2D eigenvalue weighted by Crippen LogP contribution is 2.20. The molecule has 2 heterocycles. The quantitative estimate of drug-likeness (QED) is 0.721. The predicted molar refractivity (Wildman–Crippen MR) is 53.1 cm³/mol. The molecule has 2 aromatic rings. The third-order valence-electron chi connectivity index (χ3n) is 1.68. The number of halogens is 1. The second-order valence-electron chi connectivity index (χ2n) is 2.62. The van der Waals surface area contributed by atoms with Crippen LogP contribution in [0.5, 0.6) is 0 Å². The number of rotatable bonds is 1. The van der Waals surface area contributed by atoms with Gasteiger partial charge in [0.05, 0.1) is 5.56 Å². The maximum atomic E-state index is 11.0. The average Bonchev–Trinajstić information content (AvgIpc) is 2.18. The highest BCUT2D eigenvalue weighted by molar-refractivity contribution is 6.31. The average molecular weight is 208 g/mol. The van der Waals surface area contributed by atoms with E-state index >= 15 is 0 Å². The van der Waals surface area contributed by atoms with Gasteiger partial charge in [-0.2, -0.15) is 4.98 Å². The van der Waals surface area contributed by atoms with E-state index in [1.165, 1.54) is 12.3 Å². The van der Waals surface area contributed by atoms with Gasteiger partial charge in [-0.25, -0.2) is 4.98 Å². The van der Waals surface area contributed by atoms with Crippen LogP contribution in [0.2, 0.25) is 5.15 Å². The monoisotopic (exact) mass is 207 g/mol. The predicted octanol–water partition coefficient (Wildman–Crippen LogP) is 1.49. The number of pyridine rings is 1. The first-order valence-electron chi connectivity index (χ1n) is 3.94. The van der Waals surface area contributed by atoms with Crippen LogP contribution in [0.4, 0.5) is 0 Å². The Morgan fingerprint density at radius 3 is 2.93 bits per heavy atom. The van der Waals surface area contributed by atoms with Crippen LogP contribution >= 0.6 is 11.6 Å². The molecule has 0 spiro atoms. The van der Waals surface area contributed by atoms with Crippen molar-refractivity contribution < 1.29 is 0 Å². The van der Waals surface area contributed by atoms with Gasteiger partial charge in [-0.05, 0) is 12.1 Å². The molecule has 0 aliphatic rings. The number of aromatic nitrogens is 3. The highest BCUT2D eigenvalue weighted by Gasteiger charge is 2.04. The van der Waals surface area contributed by atoms with Crippen molar-refractivity contribution in [3.05, 3.63) is 46.1 Å². The van der Waals surface area contributed by atoms with Crippen molar-refractivity contribution in [1.82, 2.24) is 15.0 Å². The summed E-state index contributed by atoms with van der Waals surface area (Å²) in [7, 11) is 0. The SMILES string of the molecule is O=c1cc[nH]c(-c2cccnc2Cl)n1. The van der Waals surface area contributed by atoms with Crippen molar-refractivity contribution in [1.29, 1.82) is 0 Å². The van der Waals surface area contributed by atoms with Crippen molar-refractivity contribution in [2.75, 3.05) is 0 Å². The van der Waals surface area contributed by atoms with Crippen molar-refractivity contribution >= 4 is 11.6 Å². The number of aromatic amines is 1. The fourth-order valence-electron chi connectivity index (χ4n) is 1.07. The lowest BCUT2D eigenvalue weighted by atomic mass is 10.3. The number of hydrogen-bond donors (Lipinski definition) is 1. The van der Waals surface area contributed by atoms with Crippen LogP contribution in [0.25, 0.3) is 11.4 Å². The Hall–Kier alpha value is -1.68. The Balaban J connectivity index is 2.61. The highest BCUT2D eigenvalue weighted by atomic mass is 35.5. The largest absolute Gasteiger partial charge is 0.346 e. The molecule has 0 bridgehead atoms.